The lowest BCUT2D eigenvalue weighted by atomic mass is 10.0. The Hall–Kier alpha value is -3.58. The van der Waals surface area contributed by atoms with Crippen LogP contribution in [0.2, 0.25) is 0 Å². The Bertz CT molecular complexity index is 1140. The van der Waals surface area contributed by atoms with Gasteiger partial charge in [0.1, 0.15) is 0 Å². The summed E-state index contributed by atoms with van der Waals surface area (Å²) in [4.78, 5) is 38.3. The molecule has 0 spiro atoms. The van der Waals surface area contributed by atoms with Crippen LogP contribution in [0.3, 0.4) is 0 Å². The molecule has 2 aromatic heterocycles. The molecular formula is C29H35N5O2. The zero-order valence-corrected chi connectivity index (χ0v) is 21.0. The van der Waals surface area contributed by atoms with Crippen molar-refractivity contribution in [3.8, 4) is 0 Å². The SMILES string of the molecule is CC(=O)N1CCCCCCCN(Cc2cccnc2)Cc2cc(C(=O)NCc3ccncc3)ccc21. The first-order valence-electron chi connectivity index (χ1n) is 12.8. The Labute approximate surface area is 213 Å². The number of anilines is 1. The number of hydrogen-bond donors (Lipinski definition) is 1. The molecule has 2 amide bonds. The molecule has 0 fully saturated rings. The quantitative estimate of drug-likeness (QED) is 0.566. The highest BCUT2D eigenvalue weighted by molar-refractivity contribution is 5.97. The summed E-state index contributed by atoms with van der Waals surface area (Å²) in [6.07, 6.45) is 12.7. The largest absolute Gasteiger partial charge is 0.348 e. The molecule has 0 unspecified atom stereocenters. The van der Waals surface area contributed by atoms with Crippen molar-refractivity contribution in [1.29, 1.82) is 0 Å². The van der Waals surface area contributed by atoms with E-state index in [1.54, 1.807) is 25.5 Å². The minimum Gasteiger partial charge on any atom is -0.348 e. The second-order valence-corrected chi connectivity index (χ2v) is 9.39. The van der Waals surface area contributed by atoms with Crippen LogP contribution in [-0.2, 0) is 24.4 Å². The van der Waals surface area contributed by atoms with Gasteiger partial charge in [0.2, 0.25) is 5.91 Å². The summed E-state index contributed by atoms with van der Waals surface area (Å²) in [5.41, 5.74) is 4.63. The predicted octanol–water partition coefficient (Wildman–Crippen LogP) is 4.73. The first-order valence-corrected chi connectivity index (χ1v) is 12.8. The summed E-state index contributed by atoms with van der Waals surface area (Å²) < 4.78 is 0. The van der Waals surface area contributed by atoms with E-state index in [1.807, 2.05) is 47.5 Å². The van der Waals surface area contributed by atoms with Crippen molar-refractivity contribution in [3.05, 3.63) is 89.5 Å². The summed E-state index contributed by atoms with van der Waals surface area (Å²) in [6, 6.07) is 13.5. The molecule has 1 N–H and O–H groups in total. The van der Waals surface area contributed by atoms with Gasteiger partial charge in [-0.1, -0.05) is 25.3 Å². The maximum atomic E-state index is 13.0. The third kappa shape index (κ3) is 7.21. The normalized spacial score (nSPS) is 15.3. The number of nitrogens with zero attached hydrogens (tertiary/aromatic N) is 4. The van der Waals surface area contributed by atoms with Crippen LogP contribution in [0.25, 0.3) is 0 Å². The van der Waals surface area contributed by atoms with Crippen molar-refractivity contribution in [1.82, 2.24) is 20.2 Å². The van der Waals surface area contributed by atoms with Gasteiger partial charge in [-0.15, -0.1) is 0 Å². The van der Waals surface area contributed by atoms with Crippen molar-refractivity contribution < 1.29 is 9.59 Å². The van der Waals surface area contributed by atoms with Gasteiger partial charge in [0.25, 0.3) is 5.91 Å². The van der Waals surface area contributed by atoms with Crippen LogP contribution in [0.5, 0.6) is 0 Å². The number of carbonyl (C=O) groups excluding carboxylic acids is 2. The molecule has 36 heavy (non-hydrogen) atoms. The van der Waals surface area contributed by atoms with Crippen molar-refractivity contribution >= 4 is 17.5 Å². The van der Waals surface area contributed by atoms with Gasteiger partial charge in [-0.05, 0) is 72.5 Å². The minimum absolute atomic E-state index is 0.0296. The zero-order valence-electron chi connectivity index (χ0n) is 21.0. The summed E-state index contributed by atoms with van der Waals surface area (Å²) in [6.45, 7) is 5.13. The number of aromatic nitrogens is 2. The standard InChI is InChI=1S/C29H35N5O2/c1-23(35)34-17-6-4-2-3-5-16-33(21-25-8-7-13-31-19-25)22-27-18-26(9-10-28(27)34)29(36)32-20-24-11-14-30-15-12-24/h7-15,18-19H,2-6,16-17,20-22H2,1H3,(H,32,36). The van der Waals surface area contributed by atoms with Gasteiger partial charge in [0, 0.05) is 69.1 Å². The Morgan fingerprint density at radius 2 is 1.67 bits per heavy atom. The molecule has 7 nitrogen and oxygen atoms in total. The number of pyridine rings is 2. The van der Waals surface area contributed by atoms with Gasteiger partial charge in [-0.25, -0.2) is 0 Å². The van der Waals surface area contributed by atoms with Gasteiger partial charge in [-0.3, -0.25) is 24.5 Å². The molecule has 0 aliphatic carbocycles. The second-order valence-electron chi connectivity index (χ2n) is 9.39. The van der Waals surface area contributed by atoms with Crippen LogP contribution >= 0.6 is 0 Å². The van der Waals surface area contributed by atoms with Crippen molar-refractivity contribution in [2.75, 3.05) is 18.0 Å². The Morgan fingerprint density at radius 1 is 0.889 bits per heavy atom. The van der Waals surface area contributed by atoms with Crippen molar-refractivity contribution in [2.24, 2.45) is 0 Å². The topological polar surface area (TPSA) is 78.4 Å². The van der Waals surface area contributed by atoms with Crippen LogP contribution in [0.15, 0.2) is 67.3 Å². The first-order chi connectivity index (χ1) is 17.6. The van der Waals surface area contributed by atoms with Gasteiger partial charge in [0.05, 0.1) is 0 Å². The van der Waals surface area contributed by atoms with E-state index in [1.165, 1.54) is 12.8 Å². The number of benzene rings is 1. The molecule has 1 aliphatic rings. The van der Waals surface area contributed by atoms with E-state index in [0.29, 0.717) is 25.2 Å². The second kappa shape index (κ2) is 12.9. The van der Waals surface area contributed by atoms with Crippen molar-refractivity contribution in [3.63, 3.8) is 0 Å². The maximum absolute atomic E-state index is 13.0. The van der Waals surface area contributed by atoms with Crippen LogP contribution in [0.1, 0.15) is 66.1 Å². The highest BCUT2D eigenvalue weighted by Gasteiger charge is 2.20. The van der Waals surface area contributed by atoms with Gasteiger partial charge < -0.3 is 10.2 Å². The van der Waals surface area contributed by atoms with Crippen LogP contribution < -0.4 is 10.2 Å². The van der Waals surface area contributed by atoms with E-state index in [2.05, 4.69) is 26.3 Å². The van der Waals surface area contributed by atoms with Crippen molar-refractivity contribution in [2.45, 2.75) is 58.7 Å². The fraction of sp³-hybridized carbons (Fsp3) is 0.379. The average Bonchev–Trinajstić information content (AvgIpc) is 2.89. The fourth-order valence-corrected chi connectivity index (χ4v) is 4.69. The maximum Gasteiger partial charge on any atom is 0.251 e. The van der Waals surface area contributed by atoms with E-state index in [9.17, 15) is 9.59 Å². The molecule has 1 aliphatic heterocycles. The first kappa shape index (κ1) is 25.5. The molecular weight excluding hydrogens is 450 g/mol. The number of amides is 2. The van der Waals surface area contributed by atoms with Gasteiger partial charge >= 0.3 is 0 Å². The zero-order chi connectivity index (χ0) is 25.2. The lowest BCUT2D eigenvalue weighted by Crippen LogP contribution is -2.33. The summed E-state index contributed by atoms with van der Waals surface area (Å²) in [7, 11) is 0. The van der Waals surface area contributed by atoms with Crippen LogP contribution in [0.4, 0.5) is 5.69 Å². The van der Waals surface area contributed by atoms with Gasteiger partial charge in [0.15, 0.2) is 0 Å². The molecule has 0 bridgehead atoms. The molecule has 0 saturated carbocycles. The molecule has 4 rings (SSSR count). The summed E-state index contributed by atoms with van der Waals surface area (Å²) in [5, 5.41) is 3.01. The third-order valence-corrected chi connectivity index (χ3v) is 6.59. The molecule has 0 saturated heterocycles. The van der Waals surface area contributed by atoms with Crippen LogP contribution in [0, 0.1) is 0 Å². The Kier molecular flexibility index (Phi) is 9.16. The van der Waals surface area contributed by atoms with E-state index in [0.717, 1.165) is 54.7 Å². The number of fused-ring (bicyclic) bond motifs is 1. The molecule has 1 aromatic carbocycles. The average molecular weight is 486 g/mol. The molecule has 188 valence electrons. The third-order valence-electron chi connectivity index (χ3n) is 6.59. The molecule has 7 heteroatoms. The fourth-order valence-electron chi connectivity index (χ4n) is 4.69. The van der Waals surface area contributed by atoms with E-state index in [-0.39, 0.29) is 11.8 Å². The Morgan fingerprint density at radius 3 is 2.42 bits per heavy atom. The highest BCUT2D eigenvalue weighted by Crippen LogP contribution is 2.26. The van der Waals surface area contributed by atoms with E-state index < -0.39 is 0 Å². The number of rotatable bonds is 5. The number of carbonyl (C=O) groups is 2. The summed E-state index contributed by atoms with van der Waals surface area (Å²) >= 11 is 0. The highest BCUT2D eigenvalue weighted by atomic mass is 16.2. The molecule has 3 aromatic rings. The molecule has 0 radical (unpaired) electrons. The number of nitrogens with one attached hydrogen (secondary N) is 1. The lowest BCUT2D eigenvalue weighted by Gasteiger charge is -2.29. The Balaban J connectivity index is 1.62. The monoisotopic (exact) mass is 485 g/mol. The number of hydrogen-bond acceptors (Lipinski definition) is 5. The van der Waals surface area contributed by atoms with Gasteiger partial charge in [-0.2, -0.15) is 0 Å². The van der Waals surface area contributed by atoms with E-state index in [4.69, 9.17) is 0 Å². The summed E-state index contributed by atoms with van der Waals surface area (Å²) in [5.74, 6) is -0.101. The van der Waals surface area contributed by atoms with Crippen LogP contribution in [-0.4, -0.2) is 39.8 Å². The smallest absolute Gasteiger partial charge is 0.251 e. The predicted molar refractivity (Wildman–Crippen MR) is 141 cm³/mol. The van der Waals surface area contributed by atoms with E-state index >= 15 is 0 Å². The molecule has 3 heterocycles. The minimum atomic E-state index is -0.131. The lowest BCUT2D eigenvalue weighted by molar-refractivity contribution is -0.116. The molecule has 0 atom stereocenters.